The molecule has 1 unspecified atom stereocenters. The number of hydrogen-bond donors (Lipinski definition) is 4. The molecule has 176 valence electrons. The zero-order valence-corrected chi connectivity index (χ0v) is 18.7. The Morgan fingerprint density at radius 2 is 1.70 bits per heavy atom. The van der Waals surface area contributed by atoms with E-state index in [1.54, 1.807) is 17.0 Å². The SMILES string of the molecule is Cc1ccc(NC(=O)NCC2CCCN(C(=O)CNC(=O)NCc3ccc(F)cc3)C2)cc1. The number of carbonyl (C=O) groups is 3. The molecule has 2 aromatic rings. The fourth-order valence-corrected chi connectivity index (χ4v) is 3.62. The molecule has 1 atom stereocenters. The molecular formula is C24H30FN5O3. The van der Waals surface area contributed by atoms with Crippen molar-refractivity contribution in [2.45, 2.75) is 26.3 Å². The van der Waals surface area contributed by atoms with E-state index in [1.807, 2.05) is 31.2 Å². The molecule has 0 saturated carbocycles. The van der Waals surface area contributed by atoms with Crippen LogP contribution in [0.4, 0.5) is 19.7 Å². The molecule has 8 nitrogen and oxygen atoms in total. The number of likely N-dealkylation sites (tertiary alicyclic amines) is 1. The van der Waals surface area contributed by atoms with Crippen LogP contribution < -0.4 is 21.3 Å². The summed E-state index contributed by atoms with van der Waals surface area (Å²) in [5.41, 5.74) is 2.60. The second-order valence-corrected chi connectivity index (χ2v) is 8.21. The summed E-state index contributed by atoms with van der Waals surface area (Å²) < 4.78 is 12.9. The van der Waals surface area contributed by atoms with E-state index in [9.17, 15) is 18.8 Å². The highest BCUT2D eigenvalue weighted by Gasteiger charge is 2.24. The Labute approximate surface area is 192 Å². The number of amides is 5. The molecule has 0 bridgehead atoms. The quantitative estimate of drug-likeness (QED) is 0.516. The summed E-state index contributed by atoms with van der Waals surface area (Å²) in [4.78, 5) is 38.3. The lowest BCUT2D eigenvalue weighted by Gasteiger charge is -2.33. The molecular weight excluding hydrogens is 425 g/mol. The maximum atomic E-state index is 12.9. The number of piperidine rings is 1. The van der Waals surface area contributed by atoms with Gasteiger partial charge in [-0.2, -0.15) is 0 Å². The normalized spacial score (nSPS) is 15.5. The van der Waals surface area contributed by atoms with Crippen LogP contribution in [-0.2, 0) is 11.3 Å². The average Bonchev–Trinajstić information content (AvgIpc) is 2.82. The first-order valence-corrected chi connectivity index (χ1v) is 11.0. The third-order valence-electron chi connectivity index (χ3n) is 5.50. The molecule has 3 rings (SSSR count). The van der Waals surface area contributed by atoms with Gasteiger partial charge in [0.25, 0.3) is 0 Å². The van der Waals surface area contributed by atoms with Crippen LogP contribution in [0.5, 0.6) is 0 Å². The molecule has 5 amide bonds. The van der Waals surface area contributed by atoms with Gasteiger partial charge in [-0.15, -0.1) is 0 Å². The van der Waals surface area contributed by atoms with E-state index >= 15 is 0 Å². The molecule has 0 aliphatic carbocycles. The summed E-state index contributed by atoms with van der Waals surface area (Å²) in [5.74, 6) is -0.352. The largest absolute Gasteiger partial charge is 0.341 e. The molecule has 1 fully saturated rings. The molecule has 33 heavy (non-hydrogen) atoms. The lowest BCUT2D eigenvalue weighted by atomic mass is 9.98. The van der Waals surface area contributed by atoms with E-state index in [4.69, 9.17) is 0 Å². The number of rotatable bonds is 7. The van der Waals surface area contributed by atoms with Crippen molar-refractivity contribution >= 4 is 23.7 Å². The fraction of sp³-hybridized carbons (Fsp3) is 0.375. The highest BCUT2D eigenvalue weighted by Crippen LogP contribution is 2.16. The monoisotopic (exact) mass is 455 g/mol. The molecule has 9 heteroatoms. The average molecular weight is 456 g/mol. The van der Waals surface area contributed by atoms with Crippen LogP contribution in [0.1, 0.15) is 24.0 Å². The Bertz CT molecular complexity index is 950. The van der Waals surface area contributed by atoms with Crippen LogP contribution >= 0.6 is 0 Å². The topological polar surface area (TPSA) is 103 Å². The number of nitrogens with zero attached hydrogens (tertiary/aromatic N) is 1. The van der Waals surface area contributed by atoms with E-state index in [0.29, 0.717) is 19.6 Å². The number of anilines is 1. The number of hydrogen-bond acceptors (Lipinski definition) is 3. The van der Waals surface area contributed by atoms with Crippen LogP contribution in [0.3, 0.4) is 0 Å². The molecule has 1 aliphatic heterocycles. The summed E-state index contributed by atoms with van der Waals surface area (Å²) in [6, 6.07) is 12.6. The number of carbonyl (C=O) groups excluding carboxylic acids is 3. The van der Waals surface area contributed by atoms with E-state index in [1.165, 1.54) is 12.1 Å². The van der Waals surface area contributed by atoms with Gasteiger partial charge in [0.05, 0.1) is 6.54 Å². The Kier molecular flexibility index (Phi) is 8.63. The second-order valence-electron chi connectivity index (χ2n) is 8.21. The number of aryl methyl sites for hydroxylation is 1. The van der Waals surface area contributed by atoms with E-state index < -0.39 is 6.03 Å². The summed E-state index contributed by atoms with van der Waals surface area (Å²) in [5, 5.41) is 10.9. The first-order chi connectivity index (χ1) is 15.9. The van der Waals surface area contributed by atoms with Crippen LogP contribution in [-0.4, -0.2) is 49.0 Å². The fourth-order valence-electron chi connectivity index (χ4n) is 3.62. The van der Waals surface area contributed by atoms with Gasteiger partial charge in [0.2, 0.25) is 5.91 Å². The molecule has 0 spiro atoms. The Morgan fingerprint density at radius 1 is 0.970 bits per heavy atom. The first-order valence-electron chi connectivity index (χ1n) is 11.0. The number of urea groups is 2. The molecule has 1 aliphatic rings. The predicted molar refractivity (Wildman–Crippen MR) is 124 cm³/mol. The zero-order chi connectivity index (χ0) is 23.6. The maximum absolute atomic E-state index is 12.9. The highest BCUT2D eigenvalue weighted by atomic mass is 19.1. The van der Waals surface area contributed by atoms with Crippen molar-refractivity contribution in [1.82, 2.24) is 20.9 Å². The zero-order valence-electron chi connectivity index (χ0n) is 18.7. The molecule has 4 N–H and O–H groups in total. The predicted octanol–water partition coefficient (Wildman–Crippen LogP) is 2.99. The van der Waals surface area contributed by atoms with Crippen LogP contribution in [0.25, 0.3) is 0 Å². The Balaban J connectivity index is 1.35. The summed E-state index contributed by atoms with van der Waals surface area (Å²) in [7, 11) is 0. The number of halogens is 1. The Morgan fingerprint density at radius 3 is 2.42 bits per heavy atom. The van der Waals surface area contributed by atoms with Crippen molar-refractivity contribution in [3.63, 3.8) is 0 Å². The van der Waals surface area contributed by atoms with Crippen LogP contribution in [0.2, 0.25) is 0 Å². The Hall–Kier alpha value is -3.62. The number of nitrogens with one attached hydrogen (secondary N) is 4. The highest BCUT2D eigenvalue weighted by molar-refractivity contribution is 5.89. The van der Waals surface area contributed by atoms with Gasteiger partial charge in [0.15, 0.2) is 0 Å². The van der Waals surface area contributed by atoms with Gasteiger partial charge < -0.3 is 26.2 Å². The molecule has 1 heterocycles. The van der Waals surface area contributed by atoms with Gasteiger partial charge >= 0.3 is 12.1 Å². The van der Waals surface area contributed by atoms with Gasteiger partial charge in [-0.25, -0.2) is 14.0 Å². The van der Waals surface area contributed by atoms with E-state index in [-0.39, 0.29) is 36.8 Å². The van der Waals surface area contributed by atoms with Gasteiger partial charge in [-0.1, -0.05) is 29.8 Å². The van der Waals surface area contributed by atoms with Crippen molar-refractivity contribution < 1.29 is 18.8 Å². The minimum atomic E-state index is -0.462. The van der Waals surface area contributed by atoms with Crippen molar-refractivity contribution in [3.05, 3.63) is 65.5 Å². The minimum Gasteiger partial charge on any atom is -0.341 e. The van der Waals surface area contributed by atoms with Crippen molar-refractivity contribution in [3.8, 4) is 0 Å². The molecule has 1 saturated heterocycles. The van der Waals surface area contributed by atoms with Gasteiger partial charge in [-0.3, -0.25) is 4.79 Å². The standard InChI is InChI=1S/C24H30FN5O3/c1-17-4-10-21(11-5-17)29-24(33)27-14-19-3-2-12-30(16-19)22(31)15-28-23(32)26-13-18-6-8-20(25)9-7-18/h4-11,19H,2-3,12-16H2,1H3,(H2,26,28,32)(H2,27,29,33). The van der Waals surface area contributed by atoms with Crippen molar-refractivity contribution in [1.29, 1.82) is 0 Å². The van der Waals surface area contributed by atoms with Gasteiger partial charge in [0, 0.05) is 31.9 Å². The summed E-state index contributed by atoms with van der Waals surface area (Å²) in [6.45, 7) is 3.74. The molecule has 0 aromatic heterocycles. The smallest absolute Gasteiger partial charge is 0.319 e. The van der Waals surface area contributed by atoms with E-state index in [2.05, 4.69) is 21.3 Å². The minimum absolute atomic E-state index is 0.108. The van der Waals surface area contributed by atoms with E-state index in [0.717, 1.165) is 29.7 Å². The lowest BCUT2D eigenvalue weighted by Crippen LogP contribution is -2.48. The third kappa shape index (κ3) is 8.10. The van der Waals surface area contributed by atoms with Gasteiger partial charge in [-0.05, 0) is 55.5 Å². The van der Waals surface area contributed by atoms with Gasteiger partial charge in [0.1, 0.15) is 5.82 Å². The summed E-state index contributed by atoms with van der Waals surface area (Å²) in [6.07, 6.45) is 1.76. The molecule has 2 aromatic carbocycles. The van der Waals surface area contributed by atoms with Crippen molar-refractivity contribution in [2.24, 2.45) is 5.92 Å². The van der Waals surface area contributed by atoms with Crippen LogP contribution in [0, 0.1) is 18.7 Å². The first kappa shape index (κ1) is 24.0. The second kappa shape index (κ2) is 11.8. The third-order valence-corrected chi connectivity index (χ3v) is 5.50. The maximum Gasteiger partial charge on any atom is 0.319 e. The number of benzene rings is 2. The lowest BCUT2D eigenvalue weighted by molar-refractivity contribution is -0.131. The molecule has 0 radical (unpaired) electrons. The summed E-state index contributed by atoms with van der Waals surface area (Å²) >= 11 is 0. The van der Waals surface area contributed by atoms with Crippen molar-refractivity contribution in [2.75, 3.05) is 31.5 Å². The van der Waals surface area contributed by atoms with Crippen LogP contribution in [0.15, 0.2) is 48.5 Å².